The summed E-state index contributed by atoms with van der Waals surface area (Å²) < 4.78 is 10.9. The SMILES string of the molecule is COc1cccc(-c2nc(CN3CCCC(CO)C3)cs2)c1OC. The van der Waals surface area contributed by atoms with Gasteiger partial charge in [0.2, 0.25) is 0 Å². The lowest BCUT2D eigenvalue weighted by Crippen LogP contribution is -2.36. The van der Waals surface area contributed by atoms with Crippen molar-refractivity contribution in [2.24, 2.45) is 5.92 Å². The Hall–Kier alpha value is -1.63. The maximum absolute atomic E-state index is 9.37. The van der Waals surface area contributed by atoms with E-state index < -0.39 is 0 Å². The number of aliphatic hydroxyl groups excluding tert-OH is 1. The van der Waals surface area contributed by atoms with Gasteiger partial charge in [-0.1, -0.05) is 6.07 Å². The molecule has 3 rings (SSSR count). The summed E-state index contributed by atoms with van der Waals surface area (Å²) in [6.07, 6.45) is 2.27. The number of hydrogen-bond donors (Lipinski definition) is 1. The van der Waals surface area contributed by atoms with Crippen LogP contribution in [0.2, 0.25) is 0 Å². The molecule has 0 aliphatic carbocycles. The summed E-state index contributed by atoms with van der Waals surface area (Å²) in [5.41, 5.74) is 2.03. The molecule has 5 nitrogen and oxygen atoms in total. The van der Waals surface area contributed by atoms with Crippen molar-refractivity contribution < 1.29 is 14.6 Å². The predicted octanol–water partition coefficient (Wildman–Crippen LogP) is 3.03. The molecule has 0 amide bonds. The fraction of sp³-hybridized carbons (Fsp3) is 0.500. The Labute approximate surface area is 146 Å². The van der Waals surface area contributed by atoms with E-state index in [0.29, 0.717) is 11.7 Å². The summed E-state index contributed by atoms with van der Waals surface area (Å²) in [4.78, 5) is 7.17. The second-order valence-electron chi connectivity index (χ2n) is 6.11. The number of likely N-dealkylation sites (tertiary alicyclic amines) is 1. The molecular weight excluding hydrogens is 324 g/mol. The first-order valence-corrected chi connectivity index (χ1v) is 9.12. The second-order valence-corrected chi connectivity index (χ2v) is 6.97. The topological polar surface area (TPSA) is 54.8 Å². The van der Waals surface area contributed by atoms with Crippen molar-refractivity contribution in [2.45, 2.75) is 19.4 Å². The first kappa shape index (κ1) is 17.2. The van der Waals surface area contributed by atoms with Crippen molar-refractivity contribution in [3.8, 4) is 22.1 Å². The molecule has 1 aliphatic heterocycles. The van der Waals surface area contributed by atoms with Crippen LogP contribution in [0.15, 0.2) is 23.6 Å². The first-order chi connectivity index (χ1) is 11.7. The van der Waals surface area contributed by atoms with E-state index in [1.807, 2.05) is 18.2 Å². The van der Waals surface area contributed by atoms with E-state index in [-0.39, 0.29) is 6.61 Å². The number of hydrogen-bond acceptors (Lipinski definition) is 6. The molecule has 0 radical (unpaired) electrons. The van der Waals surface area contributed by atoms with Crippen molar-refractivity contribution in [3.63, 3.8) is 0 Å². The Morgan fingerprint density at radius 1 is 1.33 bits per heavy atom. The second kappa shape index (κ2) is 7.96. The van der Waals surface area contributed by atoms with Crippen molar-refractivity contribution in [1.82, 2.24) is 9.88 Å². The van der Waals surface area contributed by atoms with Crippen LogP contribution in [0.5, 0.6) is 11.5 Å². The van der Waals surface area contributed by atoms with Crippen LogP contribution in [-0.2, 0) is 6.54 Å². The summed E-state index contributed by atoms with van der Waals surface area (Å²) >= 11 is 1.62. The van der Waals surface area contributed by atoms with Gasteiger partial charge < -0.3 is 14.6 Å². The standard InChI is InChI=1S/C18H24N2O3S/c1-22-16-7-3-6-15(17(16)23-2)18-19-14(12-24-18)10-20-8-4-5-13(9-20)11-21/h3,6-7,12-13,21H,4-5,8-11H2,1-2H3. The average Bonchev–Trinajstić information content (AvgIpc) is 3.09. The van der Waals surface area contributed by atoms with E-state index in [0.717, 1.165) is 54.5 Å². The minimum Gasteiger partial charge on any atom is -0.493 e. The van der Waals surface area contributed by atoms with Crippen LogP contribution >= 0.6 is 11.3 Å². The minimum absolute atomic E-state index is 0.278. The molecule has 1 unspecified atom stereocenters. The molecular formula is C18H24N2O3S. The number of aliphatic hydroxyl groups is 1. The van der Waals surface area contributed by atoms with Crippen molar-refractivity contribution in [1.29, 1.82) is 0 Å². The van der Waals surface area contributed by atoms with Crippen LogP contribution in [0, 0.1) is 5.92 Å². The number of nitrogens with zero attached hydrogens (tertiary/aromatic N) is 2. The number of methoxy groups -OCH3 is 2. The molecule has 1 fully saturated rings. The van der Waals surface area contributed by atoms with Gasteiger partial charge in [0.25, 0.3) is 0 Å². The third-order valence-electron chi connectivity index (χ3n) is 4.43. The summed E-state index contributed by atoms with van der Waals surface area (Å²) in [6.45, 7) is 3.14. The van der Waals surface area contributed by atoms with Gasteiger partial charge in [0.15, 0.2) is 11.5 Å². The third-order valence-corrected chi connectivity index (χ3v) is 5.36. The lowest BCUT2D eigenvalue weighted by Gasteiger charge is -2.31. The lowest BCUT2D eigenvalue weighted by molar-refractivity contribution is 0.115. The van der Waals surface area contributed by atoms with Crippen LogP contribution in [0.25, 0.3) is 10.6 Å². The van der Waals surface area contributed by atoms with Gasteiger partial charge in [-0.05, 0) is 37.4 Å². The van der Waals surface area contributed by atoms with Crippen LogP contribution in [0.4, 0.5) is 0 Å². The fourth-order valence-electron chi connectivity index (χ4n) is 3.23. The normalized spacial score (nSPS) is 18.5. The molecule has 1 aromatic carbocycles. The predicted molar refractivity (Wildman–Crippen MR) is 95.7 cm³/mol. The van der Waals surface area contributed by atoms with E-state index in [9.17, 15) is 5.11 Å². The average molecular weight is 348 g/mol. The molecule has 1 aliphatic rings. The molecule has 1 atom stereocenters. The number of ether oxygens (including phenoxy) is 2. The molecule has 130 valence electrons. The van der Waals surface area contributed by atoms with E-state index >= 15 is 0 Å². The zero-order valence-electron chi connectivity index (χ0n) is 14.2. The van der Waals surface area contributed by atoms with Crippen LogP contribution < -0.4 is 9.47 Å². The largest absolute Gasteiger partial charge is 0.493 e. The van der Waals surface area contributed by atoms with Crippen molar-refractivity contribution >= 4 is 11.3 Å². The van der Waals surface area contributed by atoms with Crippen LogP contribution in [-0.4, -0.2) is 48.9 Å². The molecule has 24 heavy (non-hydrogen) atoms. The van der Waals surface area contributed by atoms with E-state index in [1.54, 1.807) is 25.6 Å². The van der Waals surface area contributed by atoms with Crippen LogP contribution in [0.1, 0.15) is 18.5 Å². The number of para-hydroxylation sites is 1. The number of aromatic nitrogens is 1. The summed E-state index contributed by atoms with van der Waals surface area (Å²) in [5.74, 6) is 1.84. The number of benzene rings is 1. The summed E-state index contributed by atoms with van der Waals surface area (Å²) in [6, 6.07) is 5.85. The molecule has 1 saturated heterocycles. The highest BCUT2D eigenvalue weighted by Crippen LogP contribution is 2.39. The highest BCUT2D eigenvalue weighted by Gasteiger charge is 2.20. The maximum Gasteiger partial charge on any atom is 0.170 e. The highest BCUT2D eigenvalue weighted by atomic mass is 32.1. The van der Waals surface area contributed by atoms with Gasteiger partial charge in [0, 0.05) is 25.1 Å². The Kier molecular flexibility index (Phi) is 5.71. The number of rotatable bonds is 6. The van der Waals surface area contributed by atoms with E-state index in [1.165, 1.54) is 0 Å². The Morgan fingerprint density at radius 2 is 2.21 bits per heavy atom. The van der Waals surface area contributed by atoms with E-state index in [4.69, 9.17) is 14.5 Å². The fourth-order valence-corrected chi connectivity index (χ4v) is 4.06. The molecule has 0 saturated carbocycles. The maximum atomic E-state index is 9.37. The monoisotopic (exact) mass is 348 g/mol. The number of piperidine rings is 1. The quantitative estimate of drug-likeness (QED) is 0.870. The Balaban J connectivity index is 1.76. The molecule has 0 spiro atoms. The van der Waals surface area contributed by atoms with Crippen molar-refractivity contribution in [2.75, 3.05) is 33.9 Å². The van der Waals surface area contributed by atoms with Gasteiger partial charge in [-0.15, -0.1) is 11.3 Å². The smallest absolute Gasteiger partial charge is 0.170 e. The zero-order chi connectivity index (χ0) is 16.9. The Bertz CT molecular complexity index is 674. The molecule has 2 aromatic rings. The minimum atomic E-state index is 0.278. The van der Waals surface area contributed by atoms with Crippen LogP contribution in [0.3, 0.4) is 0 Å². The Morgan fingerprint density at radius 3 is 2.96 bits per heavy atom. The van der Waals surface area contributed by atoms with Gasteiger partial charge in [-0.2, -0.15) is 0 Å². The summed E-state index contributed by atoms with van der Waals surface area (Å²) in [5, 5.41) is 12.4. The third kappa shape index (κ3) is 3.71. The summed E-state index contributed by atoms with van der Waals surface area (Å²) in [7, 11) is 3.29. The van der Waals surface area contributed by atoms with E-state index in [2.05, 4.69) is 10.3 Å². The molecule has 0 bridgehead atoms. The zero-order valence-corrected chi connectivity index (χ0v) is 15.0. The lowest BCUT2D eigenvalue weighted by atomic mass is 9.99. The van der Waals surface area contributed by atoms with Crippen molar-refractivity contribution in [3.05, 3.63) is 29.3 Å². The van der Waals surface area contributed by atoms with Gasteiger partial charge in [-0.25, -0.2) is 4.98 Å². The molecule has 2 heterocycles. The molecule has 1 N–H and O–H groups in total. The van der Waals surface area contributed by atoms with Gasteiger partial charge in [0.1, 0.15) is 5.01 Å². The molecule has 6 heteroatoms. The van der Waals surface area contributed by atoms with Gasteiger partial charge >= 0.3 is 0 Å². The number of thiazole rings is 1. The van der Waals surface area contributed by atoms with Gasteiger partial charge in [0.05, 0.1) is 25.5 Å². The highest BCUT2D eigenvalue weighted by molar-refractivity contribution is 7.13. The molecule has 1 aromatic heterocycles. The van der Waals surface area contributed by atoms with Gasteiger partial charge in [-0.3, -0.25) is 4.90 Å². The first-order valence-electron chi connectivity index (χ1n) is 8.24.